The molecule has 0 saturated heterocycles. The average molecular weight is 376 g/mol. The lowest BCUT2D eigenvalue weighted by atomic mass is 9.68. The summed E-state index contributed by atoms with van der Waals surface area (Å²) in [6.45, 7) is 4.55. The summed E-state index contributed by atoms with van der Waals surface area (Å²) in [5, 5.41) is 3.58. The molecule has 1 heteroatoms. The van der Waals surface area contributed by atoms with Crippen molar-refractivity contribution in [3.05, 3.63) is 118 Å². The van der Waals surface area contributed by atoms with Crippen LogP contribution in [0.5, 0.6) is 0 Å². The van der Waals surface area contributed by atoms with Crippen LogP contribution in [0.1, 0.15) is 31.4 Å². The fourth-order valence-corrected chi connectivity index (χ4v) is 6.05. The van der Waals surface area contributed by atoms with E-state index in [-0.39, 0.29) is 5.41 Å². The molecule has 1 spiro atoms. The molecule has 0 aliphatic heterocycles. The zero-order valence-electron chi connectivity index (χ0n) is 17.2. The first-order valence-corrected chi connectivity index (χ1v) is 10.6. The molecule has 142 valence electrons. The summed E-state index contributed by atoms with van der Waals surface area (Å²) in [5.74, 6) is 0.452. The molecule has 1 atom stereocenters. The van der Waals surface area contributed by atoms with Crippen molar-refractivity contribution in [2.45, 2.75) is 25.7 Å². The first-order chi connectivity index (χ1) is 14.2. The Balaban J connectivity index is 1.79. The third-order valence-corrected chi connectivity index (χ3v) is 7.15. The topological polar surface area (TPSA) is 12.0 Å². The molecule has 0 bridgehead atoms. The Hall–Kier alpha value is -3.06. The minimum atomic E-state index is -0.223. The van der Waals surface area contributed by atoms with E-state index >= 15 is 0 Å². The molecule has 0 aromatic heterocycles. The first kappa shape index (κ1) is 16.9. The zero-order chi connectivity index (χ0) is 19.8. The molecule has 4 aliphatic carbocycles. The summed E-state index contributed by atoms with van der Waals surface area (Å²) in [4.78, 5) is 0. The van der Waals surface area contributed by atoms with Gasteiger partial charge in [0.15, 0.2) is 0 Å². The minimum absolute atomic E-state index is 0.223. The highest BCUT2D eigenvalue weighted by Gasteiger charge is 2.55. The van der Waals surface area contributed by atoms with E-state index in [1.165, 1.54) is 55.8 Å². The van der Waals surface area contributed by atoms with Crippen LogP contribution in [-0.4, -0.2) is 7.05 Å². The minimum Gasteiger partial charge on any atom is -0.388 e. The lowest BCUT2D eigenvalue weighted by Crippen LogP contribution is -2.31. The van der Waals surface area contributed by atoms with Crippen molar-refractivity contribution in [2.75, 3.05) is 7.05 Å². The Labute approximate surface area is 172 Å². The number of fused-ring (bicyclic) bond motifs is 8. The van der Waals surface area contributed by atoms with Gasteiger partial charge in [0.2, 0.25) is 0 Å². The number of rotatable bonds is 1. The summed E-state index contributed by atoms with van der Waals surface area (Å²) in [5.41, 5.74) is 14.0. The van der Waals surface area contributed by atoms with Gasteiger partial charge in [-0.2, -0.15) is 0 Å². The Kier molecular flexibility index (Phi) is 3.33. The number of allylic oxidation sites excluding steroid dienone is 9. The van der Waals surface area contributed by atoms with Gasteiger partial charge in [0.05, 0.1) is 5.41 Å². The summed E-state index contributed by atoms with van der Waals surface area (Å²) in [6.07, 6.45) is 10.5. The van der Waals surface area contributed by atoms with E-state index in [9.17, 15) is 0 Å². The van der Waals surface area contributed by atoms with E-state index in [2.05, 4.69) is 99.0 Å². The molecule has 6 rings (SSSR count). The van der Waals surface area contributed by atoms with Gasteiger partial charge in [-0.15, -0.1) is 0 Å². The predicted octanol–water partition coefficient (Wildman–Crippen LogP) is 6.22. The van der Waals surface area contributed by atoms with E-state index in [0.717, 1.165) is 6.42 Å². The Morgan fingerprint density at radius 3 is 2.17 bits per heavy atom. The van der Waals surface area contributed by atoms with Gasteiger partial charge in [0.25, 0.3) is 0 Å². The van der Waals surface area contributed by atoms with Gasteiger partial charge in [0.1, 0.15) is 0 Å². The fourth-order valence-electron chi connectivity index (χ4n) is 6.05. The maximum atomic E-state index is 3.58. The summed E-state index contributed by atoms with van der Waals surface area (Å²) in [7, 11) is 2.08. The number of likely N-dealkylation sites (N-methyl/N-ethyl adjacent to an activating group) is 1. The third-order valence-electron chi connectivity index (χ3n) is 7.15. The summed E-state index contributed by atoms with van der Waals surface area (Å²) >= 11 is 0. The molecule has 0 amide bonds. The van der Waals surface area contributed by atoms with Crippen molar-refractivity contribution in [1.29, 1.82) is 0 Å². The smallest absolute Gasteiger partial charge is 0.0742 e. The predicted molar refractivity (Wildman–Crippen MR) is 121 cm³/mol. The van der Waals surface area contributed by atoms with Crippen LogP contribution < -0.4 is 5.32 Å². The molecular formula is C28H25N. The Morgan fingerprint density at radius 1 is 0.897 bits per heavy atom. The molecule has 29 heavy (non-hydrogen) atoms. The molecule has 0 heterocycles. The van der Waals surface area contributed by atoms with Gasteiger partial charge < -0.3 is 5.32 Å². The normalized spacial score (nSPS) is 22.8. The lowest BCUT2D eigenvalue weighted by Gasteiger charge is -2.34. The second kappa shape index (κ2) is 5.73. The maximum Gasteiger partial charge on any atom is 0.0742 e. The summed E-state index contributed by atoms with van der Waals surface area (Å²) < 4.78 is 0. The monoisotopic (exact) mass is 375 g/mol. The number of nitrogens with one attached hydrogen (secondary N) is 1. The van der Waals surface area contributed by atoms with Crippen LogP contribution in [0.2, 0.25) is 0 Å². The quantitative estimate of drug-likeness (QED) is 0.624. The molecule has 1 nitrogen and oxygen atoms in total. The SMILES string of the molecule is CNC1=C(C)CC2=C1C1(C3=C2C=CC(C)C=C3)c2ccccc2-c2ccccc21. The van der Waals surface area contributed by atoms with Gasteiger partial charge in [-0.1, -0.05) is 79.8 Å². The van der Waals surface area contributed by atoms with Crippen molar-refractivity contribution < 1.29 is 0 Å². The van der Waals surface area contributed by atoms with Crippen LogP contribution >= 0.6 is 0 Å². The number of hydrogen-bond donors (Lipinski definition) is 1. The van der Waals surface area contributed by atoms with Crippen LogP contribution in [-0.2, 0) is 5.41 Å². The second-order valence-electron chi connectivity index (χ2n) is 8.68. The number of hydrogen-bond acceptors (Lipinski definition) is 1. The van der Waals surface area contributed by atoms with E-state index < -0.39 is 0 Å². The van der Waals surface area contributed by atoms with E-state index in [4.69, 9.17) is 0 Å². The molecule has 1 unspecified atom stereocenters. The van der Waals surface area contributed by atoms with Crippen LogP contribution in [0.3, 0.4) is 0 Å². The van der Waals surface area contributed by atoms with Gasteiger partial charge in [-0.05, 0) is 69.4 Å². The van der Waals surface area contributed by atoms with Crippen molar-refractivity contribution in [1.82, 2.24) is 5.32 Å². The third kappa shape index (κ3) is 1.91. The molecule has 0 radical (unpaired) electrons. The van der Waals surface area contributed by atoms with Crippen molar-refractivity contribution in [3.8, 4) is 11.1 Å². The zero-order valence-corrected chi connectivity index (χ0v) is 17.2. The highest BCUT2D eigenvalue weighted by atomic mass is 14.9. The highest BCUT2D eigenvalue weighted by Crippen LogP contribution is 2.65. The highest BCUT2D eigenvalue weighted by molar-refractivity contribution is 5.91. The maximum absolute atomic E-state index is 3.58. The van der Waals surface area contributed by atoms with Crippen LogP contribution in [0.4, 0.5) is 0 Å². The molecular weight excluding hydrogens is 350 g/mol. The molecule has 4 aliphatic rings. The van der Waals surface area contributed by atoms with Crippen LogP contribution in [0.25, 0.3) is 11.1 Å². The molecule has 1 N–H and O–H groups in total. The largest absolute Gasteiger partial charge is 0.388 e. The summed E-state index contributed by atoms with van der Waals surface area (Å²) in [6, 6.07) is 18.0. The molecule has 0 saturated carbocycles. The van der Waals surface area contributed by atoms with E-state index in [1.54, 1.807) is 0 Å². The van der Waals surface area contributed by atoms with E-state index in [0.29, 0.717) is 5.92 Å². The Bertz CT molecular complexity index is 1180. The van der Waals surface area contributed by atoms with Gasteiger partial charge in [-0.25, -0.2) is 0 Å². The van der Waals surface area contributed by atoms with Crippen molar-refractivity contribution >= 4 is 0 Å². The van der Waals surface area contributed by atoms with Crippen molar-refractivity contribution in [2.24, 2.45) is 5.92 Å². The van der Waals surface area contributed by atoms with Crippen molar-refractivity contribution in [3.63, 3.8) is 0 Å². The molecule has 0 fully saturated rings. The van der Waals surface area contributed by atoms with Crippen LogP contribution in [0.15, 0.2) is 106 Å². The Morgan fingerprint density at radius 2 is 1.52 bits per heavy atom. The second-order valence-corrected chi connectivity index (χ2v) is 8.68. The standard InChI is InChI=1S/C28H25N/c1-17-12-14-21-22-16-18(2)27(29-3)26(22)28(25(21)15-13-17)23-10-6-4-8-19(23)20-9-5-7-11-24(20)28/h4-15,17,29H,16H2,1-3H3. The average Bonchev–Trinajstić information content (AvgIpc) is 3.25. The number of benzene rings is 2. The first-order valence-electron chi connectivity index (χ1n) is 10.6. The fraction of sp³-hybridized carbons (Fsp3) is 0.214. The van der Waals surface area contributed by atoms with Gasteiger partial charge >= 0.3 is 0 Å². The van der Waals surface area contributed by atoms with Gasteiger partial charge in [0, 0.05) is 12.7 Å². The molecule has 2 aromatic rings. The van der Waals surface area contributed by atoms with Gasteiger partial charge in [-0.3, -0.25) is 0 Å². The van der Waals surface area contributed by atoms with E-state index in [1.807, 2.05) is 0 Å². The molecule has 2 aromatic carbocycles. The lowest BCUT2D eigenvalue weighted by molar-refractivity contribution is 0.745. The van der Waals surface area contributed by atoms with Crippen LogP contribution in [0, 0.1) is 5.92 Å².